The average molecular weight is 424 g/mol. The van der Waals surface area contributed by atoms with Crippen LogP contribution in [0.25, 0.3) is 5.76 Å². The number of aliphatic hydroxyl groups is 1. The van der Waals surface area contributed by atoms with Gasteiger partial charge in [-0.1, -0.05) is 29.8 Å². The minimum Gasteiger partial charge on any atom is -0.507 e. The third-order valence-electron chi connectivity index (χ3n) is 5.29. The van der Waals surface area contributed by atoms with Crippen molar-refractivity contribution in [2.45, 2.75) is 39.8 Å². The fraction of sp³-hybridized carbons (Fsp3) is 0.360. The number of ether oxygens (including phenoxy) is 2. The monoisotopic (exact) mass is 423 g/mol. The van der Waals surface area contributed by atoms with Crippen LogP contribution in [0.5, 0.6) is 5.75 Å². The summed E-state index contributed by atoms with van der Waals surface area (Å²) in [6.45, 7) is 8.18. The van der Waals surface area contributed by atoms with Gasteiger partial charge in [0, 0.05) is 19.2 Å². The number of carbonyl (C=O) groups is 2. The summed E-state index contributed by atoms with van der Waals surface area (Å²) in [6.07, 6.45) is 0.0301. The molecule has 1 aliphatic heterocycles. The molecule has 6 nitrogen and oxygen atoms in total. The van der Waals surface area contributed by atoms with Crippen molar-refractivity contribution in [2.24, 2.45) is 0 Å². The van der Waals surface area contributed by atoms with E-state index in [2.05, 4.69) is 0 Å². The number of carbonyl (C=O) groups excluding carboxylic acids is 2. The van der Waals surface area contributed by atoms with Crippen LogP contribution in [0.2, 0.25) is 0 Å². The lowest BCUT2D eigenvalue weighted by Crippen LogP contribution is -2.32. The highest BCUT2D eigenvalue weighted by atomic mass is 16.5. The summed E-state index contributed by atoms with van der Waals surface area (Å²) in [5, 5.41) is 11.2. The summed E-state index contributed by atoms with van der Waals surface area (Å²) in [6, 6.07) is 12.2. The molecule has 0 saturated carbocycles. The SMILES string of the molecule is COCCN1C(=O)C(=O)/C(=C(/O)c2cc(C)ccc2C)C1c1ccc(OC(C)C)cc1. The molecule has 1 atom stereocenters. The molecule has 0 aliphatic carbocycles. The summed E-state index contributed by atoms with van der Waals surface area (Å²) in [7, 11) is 1.54. The second-order valence-corrected chi connectivity index (χ2v) is 8.04. The molecule has 1 heterocycles. The largest absolute Gasteiger partial charge is 0.507 e. The number of aliphatic hydroxyl groups excluding tert-OH is 1. The fourth-order valence-electron chi connectivity index (χ4n) is 3.78. The second-order valence-electron chi connectivity index (χ2n) is 8.04. The molecule has 164 valence electrons. The van der Waals surface area contributed by atoms with E-state index in [-0.39, 0.29) is 30.6 Å². The Hall–Kier alpha value is -3.12. The van der Waals surface area contributed by atoms with E-state index >= 15 is 0 Å². The zero-order valence-corrected chi connectivity index (χ0v) is 18.6. The van der Waals surface area contributed by atoms with E-state index in [1.54, 1.807) is 7.11 Å². The number of hydrogen-bond donors (Lipinski definition) is 1. The Morgan fingerprint density at radius 3 is 2.39 bits per heavy atom. The molecule has 1 saturated heterocycles. The molecule has 0 spiro atoms. The minimum absolute atomic E-state index is 0.0301. The fourth-order valence-corrected chi connectivity index (χ4v) is 3.78. The molecule has 1 aliphatic rings. The van der Waals surface area contributed by atoms with Crippen molar-refractivity contribution in [3.8, 4) is 5.75 Å². The Morgan fingerprint density at radius 1 is 1.10 bits per heavy atom. The molecular formula is C25H29NO5. The van der Waals surface area contributed by atoms with Gasteiger partial charge in [-0.05, 0) is 57.0 Å². The van der Waals surface area contributed by atoms with Gasteiger partial charge in [-0.15, -0.1) is 0 Å². The van der Waals surface area contributed by atoms with Gasteiger partial charge in [0.25, 0.3) is 11.7 Å². The highest BCUT2D eigenvalue weighted by Gasteiger charge is 2.46. The number of ketones is 1. The van der Waals surface area contributed by atoms with Gasteiger partial charge in [-0.25, -0.2) is 0 Å². The Balaban J connectivity index is 2.14. The number of hydrogen-bond acceptors (Lipinski definition) is 5. The zero-order valence-electron chi connectivity index (χ0n) is 18.6. The van der Waals surface area contributed by atoms with Gasteiger partial charge >= 0.3 is 0 Å². The molecule has 1 N–H and O–H groups in total. The molecule has 1 unspecified atom stereocenters. The first-order valence-electron chi connectivity index (χ1n) is 10.4. The Kier molecular flexibility index (Phi) is 6.81. The number of nitrogens with zero attached hydrogens (tertiary/aromatic N) is 1. The van der Waals surface area contributed by atoms with E-state index in [1.165, 1.54) is 4.90 Å². The van der Waals surface area contributed by atoms with Crippen molar-refractivity contribution >= 4 is 17.4 Å². The Labute approximate surface area is 183 Å². The first-order chi connectivity index (χ1) is 14.7. The first-order valence-corrected chi connectivity index (χ1v) is 10.4. The molecule has 3 rings (SSSR count). The lowest BCUT2D eigenvalue weighted by atomic mass is 9.93. The maximum atomic E-state index is 13.0. The topological polar surface area (TPSA) is 76.1 Å². The predicted octanol–water partition coefficient (Wildman–Crippen LogP) is 4.16. The smallest absolute Gasteiger partial charge is 0.295 e. The van der Waals surface area contributed by atoms with Crippen LogP contribution in [0.3, 0.4) is 0 Å². The summed E-state index contributed by atoms with van der Waals surface area (Å²) in [4.78, 5) is 27.3. The average Bonchev–Trinajstić information content (AvgIpc) is 2.98. The van der Waals surface area contributed by atoms with Crippen LogP contribution < -0.4 is 4.74 Å². The molecule has 31 heavy (non-hydrogen) atoms. The number of aryl methyl sites for hydroxylation is 2. The van der Waals surface area contributed by atoms with Crippen molar-refractivity contribution in [3.05, 3.63) is 70.3 Å². The van der Waals surface area contributed by atoms with Gasteiger partial charge in [0.1, 0.15) is 11.5 Å². The second kappa shape index (κ2) is 9.35. The number of likely N-dealkylation sites (tertiary alicyclic amines) is 1. The highest BCUT2D eigenvalue weighted by molar-refractivity contribution is 6.46. The number of rotatable bonds is 7. The zero-order chi connectivity index (χ0) is 22.7. The van der Waals surface area contributed by atoms with Crippen molar-refractivity contribution in [2.75, 3.05) is 20.3 Å². The van der Waals surface area contributed by atoms with Crippen molar-refractivity contribution in [3.63, 3.8) is 0 Å². The van der Waals surface area contributed by atoms with E-state index in [0.717, 1.165) is 16.7 Å². The standard InChI is InChI=1S/C25H29NO5/c1-15(2)31-19-10-8-18(9-11-19)22-21(24(28)25(29)26(22)12-13-30-5)23(27)20-14-16(3)6-7-17(20)4/h6-11,14-15,22,27H,12-13H2,1-5H3/b23-21+. The maximum absolute atomic E-state index is 13.0. The van der Waals surface area contributed by atoms with Gasteiger partial charge in [0.05, 0.1) is 24.3 Å². The number of Topliss-reactive ketones (excluding diaryl/α,β-unsaturated/α-hetero) is 1. The quantitative estimate of drug-likeness (QED) is 0.411. The van der Waals surface area contributed by atoms with Crippen LogP contribution in [0.1, 0.15) is 42.1 Å². The van der Waals surface area contributed by atoms with Gasteiger partial charge in [0.15, 0.2) is 0 Å². The van der Waals surface area contributed by atoms with E-state index < -0.39 is 17.7 Å². The van der Waals surface area contributed by atoms with Gasteiger partial charge in [-0.2, -0.15) is 0 Å². The van der Waals surface area contributed by atoms with Crippen LogP contribution in [0.15, 0.2) is 48.0 Å². The molecule has 1 fully saturated rings. The van der Waals surface area contributed by atoms with Crippen LogP contribution in [-0.4, -0.2) is 48.1 Å². The molecule has 6 heteroatoms. The van der Waals surface area contributed by atoms with Crippen molar-refractivity contribution < 1.29 is 24.2 Å². The van der Waals surface area contributed by atoms with Crippen LogP contribution in [0.4, 0.5) is 0 Å². The normalized spacial score (nSPS) is 18.1. The van der Waals surface area contributed by atoms with Crippen LogP contribution in [0, 0.1) is 13.8 Å². The predicted molar refractivity (Wildman–Crippen MR) is 119 cm³/mol. The van der Waals surface area contributed by atoms with E-state index in [4.69, 9.17) is 9.47 Å². The molecule has 2 aromatic carbocycles. The lowest BCUT2D eigenvalue weighted by Gasteiger charge is -2.25. The van der Waals surface area contributed by atoms with Gasteiger partial charge < -0.3 is 19.5 Å². The van der Waals surface area contributed by atoms with Gasteiger partial charge in [-0.3, -0.25) is 9.59 Å². The third-order valence-corrected chi connectivity index (χ3v) is 5.29. The number of amides is 1. The summed E-state index contributed by atoms with van der Waals surface area (Å²) < 4.78 is 10.9. The summed E-state index contributed by atoms with van der Waals surface area (Å²) in [5.74, 6) is -0.799. The van der Waals surface area contributed by atoms with Crippen molar-refractivity contribution in [1.29, 1.82) is 0 Å². The van der Waals surface area contributed by atoms with E-state index in [1.807, 2.05) is 70.2 Å². The molecule has 1 amide bonds. The molecule has 0 bridgehead atoms. The highest BCUT2D eigenvalue weighted by Crippen LogP contribution is 2.40. The lowest BCUT2D eigenvalue weighted by molar-refractivity contribution is -0.140. The Morgan fingerprint density at radius 2 is 1.77 bits per heavy atom. The van der Waals surface area contributed by atoms with Crippen LogP contribution >= 0.6 is 0 Å². The number of benzene rings is 2. The Bertz CT molecular complexity index is 1010. The third kappa shape index (κ3) is 4.64. The number of methoxy groups -OCH3 is 1. The molecule has 0 radical (unpaired) electrons. The molecular weight excluding hydrogens is 394 g/mol. The first kappa shape index (κ1) is 22.6. The van der Waals surface area contributed by atoms with Crippen molar-refractivity contribution in [1.82, 2.24) is 4.90 Å². The summed E-state index contributed by atoms with van der Waals surface area (Å²) >= 11 is 0. The maximum Gasteiger partial charge on any atom is 0.295 e. The van der Waals surface area contributed by atoms with Crippen LogP contribution in [-0.2, 0) is 14.3 Å². The summed E-state index contributed by atoms with van der Waals surface area (Å²) in [5.41, 5.74) is 3.14. The molecule has 2 aromatic rings. The molecule has 0 aromatic heterocycles. The van der Waals surface area contributed by atoms with E-state index in [0.29, 0.717) is 11.3 Å². The minimum atomic E-state index is -0.705. The van der Waals surface area contributed by atoms with E-state index in [9.17, 15) is 14.7 Å². The van der Waals surface area contributed by atoms with Gasteiger partial charge in [0.2, 0.25) is 0 Å².